The zero-order valence-corrected chi connectivity index (χ0v) is 22.6. The number of hydrogen-bond acceptors (Lipinski definition) is 3. The van der Waals surface area contributed by atoms with Crippen molar-refractivity contribution in [3.05, 3.63) is 106 Å². The molecule has 2 N–H and O–H groups in total. The number of hydrogen-bond donors (Lipinski definition) is 2. The molecule has 1 aliphatic rings. The molecule has 1 saturated heterocycles. The van der Waals surface area contributed by atoms with Crippen molar-refractivity contribution in [3.63, 3.8) is 0 Å². The van der Waals surface area contributed by atoms with Crippen molar-refractivity contribution in [1.29, 1.82) is 0 Å². The Hall–Kier alpha value is -3.37. The van der Waals surface area contributed by atoms with E-state index in [9.17, 15) is 36.2 Å². The van der Waals surface area contributed by atoms with Gasteiger partial charge in [0.05, 0.1) is 35.9 Å². The standard InChI is InChI=1S/C31H31F6NO3/c1-20(2)41-28(39)22-5-3-21(4-6-22)19-38-17-15-25(16-18-38)29(40,23-7-11-26(12-8-23)30(32,33)34)24-9-13-27(14-10-24)31(35,36)37/h3-14,20,25,40H,15-19H2,1-2H3/p+1. The molecule has 10 heteroatoms. The zero-order valence-electron chi connectivity index (χ0n) is 22.6. The van der Waals surface area contributed by atoms with Crippen molar-refractivity contribution < 1.29 is 45.9 Å². The topological polar surface area (TPSA) is 51.0 Å². The molecular formula is C31H32F6NO3+. The van der Waals surface area contributed by atoms with Gasteiger partial charge in [0.15, 0.2) is 0 Å². The zero-order chi connectivity index (χ0) is 30.0. The maximum atomic E-state index is 13.2. The summed E-state index contributed by atoms with van der Waals surface area (Å²) < 4.78 is 84.3. The van der Waals surface area contributed by atoms with E-state index in [-0.39, 0.29) is 17.2 Å². The van der Waals surface area contributed by atoms with Crippen LogP contribution >= 0.6 is 0 Å². The van der Waals surface area contributed by atoms with Gasteiger partial charge < -0.3 is 14.7 Å². The van der Waals surface area contributed by atoms with Crippen LogP contribution in [0.25, 0.3) is 0 Å². The third kappa shape index (κ3) is 7.11. The number of carbonyl (C=O) groups excluding carboxylic acids is 1. The van der Waals surface area contributed by atoms with Crippen molar-refractivity contribution in [3.8, 4) is 0 Å². The molecule has 0 radical (unpaired) electrons. The Morgan fingerprint density at radius 3 is 1.59 bits per heavy atom. The smallest absolute Gasteiger partial charge is 0.416 e. The fraction of sp³-hybridized carbons (Fsp3) is 0.387. The number of benzene rings is 3. The SMILES string of the molecule is CC(C)OC(=O)c1ccc(C[NH+]2CCC(C(O)(c3ccc(C(F)(F)F)cc3)c3ccc(C(F)(F)F)cc3)CC2)cc1. The van der Waals surface area contributed by atoms with Gasteiger partial charge >= 0.3 is 18.3 Å². The first-order valence-corrected chi connectivity index (χ1v) is 13.4. The van der Waals surface area contributed by atoms with Crippen LogP contribution in [0.3, 0.4) is 0 Å². The molecular weight excluding hydrogens is 548 g/mol. The number of piperidine rings is 1. The summed E-state index contributed by atoms with van der Waals surface area (Å²) in [5, 5.41) is 12.1. The van der Waals surface area contributed by atoms with E-state index in [1.807, 2.05) is 12.1 Å². The molecule has 4 nitrogen and oxygen atoms in total. The quantitative estimate of drug-likeness (QED) is 0.266. The van der Waals surface area contributed by atoms with Gasteiger partial charge in [-0.05, 0) is 61.4 Å². The lowest BCUT2D eigenvalue weighted by Crippen LogP contribution is -3.11. The van der Waals surface area contributed by atoms with Gasteiger partial charge in [-0.2, -0.15) is 26.3 Å². The highest BCUT2D eigenvalue weighted by molar-refractivity contribution is 5.89. The lowest BCUT2D eigenvalue weighted by atomic mass is 9.71. The molecule has 4 rings (SSSR count). The van der Waals surface area contributed by atoms with E-state index >= 15 is 0 Å². The predicted molar refractivity (Wildman–Crippen MR) is 140 cm³/mol. The van der Waals surface area contributed by atoms with Gasteiger partial charge in [-0.25, -0.2) is 4.79 Å². The average Bonchev–Trinajstić information content (AvgIpc) is 2.92. The van der Waals surface area contributed by atoms with Gasteiger partial charge in [-0.3, -0.25) is 0 Å². The van der Waals surface area contributed by atoms with Gasteiger partial charge in [0.25, 0.3) is 0 Å². The van der Waals surface area contributed by atoms with Crippen LogP contribution in [0.15, 0.2) is 72.8 Å². The van der Waals surface area contributed by atoms with Crippen molar-refractivity contribution in [2.45, 2.75) is 57.3 Å². The summed E-state index contributed by atoms with van der Waals surface area (Å²) in [6.45, 7) is 5.47. The summed E-state index contributed by atoms with van der Waals surface area (Å²) in [6.07, 6.45) is -8.37. The van der Waals surface area contributed by atoms with Crippen molar-refractivity contribution in [2.75, 3.05) is 13.1 Å². The van der Waals surface area contributed by atoms with Crippen LogP contribution in [0.5, 0.6) is 0 Å². The van der Waals surface area contributed by atoms with E-state index in [4.69, 9.17) is 4.74 Å². The second-order valence-electron chi connectivity index (χ2n) is 10.8. The molecule has 220 valence electrons. The van der Waals surface area contributed by atoms with E-state index in [0.29, 0.717) is 38.0 Å². The molecule has 0 saturated carbocycles. The highest BCUT2D eigenvalue weighted by Gasteiger charge is 2.44. The fourth-order valence-electron chi connectivity index (χ4n) is 5.41. The van der Waals surface area contributed by atoms with Crippen LogP contribution in [0.2, 0.25) is 0 Å². The van der Waals surface area contributed by atoms with Crippen LogP contribution in [0.4, 0.5) is 26.3 Å². The second-order valence-corrected chi connectivity index (χ2v) is 10.8. The number of esters is 1. The monoisotopic (exact) mass is 580 g/mol. The highest BCUT2D eigenvalue weighted by atomic mass is 19.4. The van der Waals surface area contributed by atoms with Crippen molar-refractivity contribution in [1.82, 2.24) is 0 Å². The largest absolute Gasteiger partial charge is 0.459 e. The first kappa shape index (κ1) is 30.6. The maximum Gasteiger partial charge on any atom is 0.416 e. The lowest BCUT2D eigenvalue weighted by Gasteiger charge is -2.41. The minimum absolute atomic E-state index is 0.197. The van der Waals surface area contributed by atoms with Gasteiger partial charge in [-0.1, -0.05) is 36.4 Å². The average molecular weight is 581 g/mol. The van der Waals surface area contributed by atoms with E-state index < -0.39 is 41.0 Å². The molecule has 0 atom stereocenters. The molecule has 0 spiro atoms. The van der Waals surface area contributed by atoms with Crippen LogP contribution in [0, 0.1) is 5.92 Å². The Morgan fingerprint density at radius 1 is 0.780 bits per heavy atom. The minimum Gasteiger partial charge on any atom is -0.459 e. The molecule has 0 aliphatic carbocycles. The molecule has 1 heterocycles. The Balaban J connectivity index is 1.53. The van der Waals surface area contributed by atoms with E-state index in [1.54, 1.807) is 26.0 Å². The summed E-state index contributed by atoms with van der Waals surface area (Å²) in [5.74, 6) is -0.835. The normalized spacial score (nSPS) is 18.4. The van der Waals surface area contributed by atoms with E-state index in [2.05, 4.69) is 0 Å². The molecule has 41 heavy (non-hydrogen) atoms. The van der Waals surface area contributed by atoms with Crippen LogP contribution in [0.1, 0.15) is 64.9 Å². The van der Waals surface area contributed by atoms with Gasteiger partial charge in [0.2, 0.25) is 0 Å². The first-order chi connectivity index (χ1) is 19.2. The maximum absolute atomic E-state index is 13.2. The predicted octanol–water partition coefficient (Wildman–Crippen LogP) is 6.02. The fourth-order valence-corrected chi connectivity index (χ4v) is 5.41. The number of nitrogens with one attached hydrogen (secondary N) is 1. The third-order valence-electron chi connectivity index (χ3n) is 7.57. The molecule has 1 fully saturated rings. The van der Waals surface area contributed by atoms with Gasteiger partial charge in [0, 0.05) is 24.3 Å². The molecule has 3 aromatic rings. The Bertz CT molecular complexity index is 1250. The minimum atomic E-state index is -4.56. The number of aliphatic hydroxyl groups is 1. The number of carbonyl (C=O) groups is 1. The number of quaternary nitrogens is 1. The Labute approximate surface area is 234 Å². The summed E-state index contributed by atoms with van der Waals surface area (Å²) >= 11 is 0. The van der Waals surface area contributed by atoms with Crippen LogP contribution in [-0.4, -0.2) is 30.3 Å². The molecule has 1 aliphatic heterocycles. The van der Waals surface area contributed by atoms with E-state index in [0.717, 1.165) is 29.8 Å². The summed E-state index contributed by atoms with van der Waals surface area (Å²) in [6, 6.07) is 15.5. The number of rotatable bonds is 7. The van der Waals surface area contributed by atoms with Crippen molar-refractivity contribution >= 4 is 5.97 Å². The van der Waals surface area contributed by atoms with Crippen LogP contribution in [-0.2, 0) is 29.2 Å². The Kier molecular flexibility index (Phi) is 8.84. The van der Waals surface area contributed by atoms with Gasteiger partial charge in [0.1, 0.15) is 12.1 Å². The molecule has 0 aromatic heterocycles. The number of halogens is 6. The first-order valence-electron chi connectivity index (χ1n) is 13.4. The van der Waals surface area contributed by atoms with Crippen molar-refractivity contribution in [2.24, 2.45) is 5.92 Å². The number of ether oxygens (including phenoxy) is 1. The summed E-state index contributed by atoms with van der Waals surface area (Å²) in [5.41, 5.74) is -1.68. The van der Waals surface area contributed by atoms with Crippen LogP contribution < -0.4 is 4.90 Å². The number of alkyl halides is 6. The molecule has 0 amide bonds. The third-order valence-corrected chi connectivity index (χ3v) is 7.57. The summed E-state index contributed by atoms with van der Waals surface area (Å²) in [7, 11) is 0. The number of likely N-dealkylation sites (tertiary alicyclic amines) is 1. The molecule has 0 unspecified atom stereocenters. The van der Waals surface area contributed by atoms with E-state index in [1.165, 1.54) is 29.2 Å². The molecule has 3 aromatic carbocycles. The summed E-state index contributed by atoms with van der Waals surface area (Å²) in [4.78, 5) is 13.3. The van der Waals surface area contributed by atoms with Gasteiger partial charge in [-0.15, -0.1) is 0 Å². The Morgan fingerprint density at radius 2 is 1.20 bits per heavy atom. The lowest BCUT2D eigenvalue weighted by molar-refractivity contribution is -0.920. The highest BCUT2D eigenvalue weighted by Crippen LogP contribution is 2.42. The molecule has 0 bridgehead atoms. The second kappa shape index (κ2) is 11.9.